The number of hydrogen-bond donors (Lipinski definition) is 0. The van der Waals surface area contributed by atoms with Crippen molar-refractivity contribution in [1.82, 2.24) is 0 Å². The SMILES string of the molecule is CC(CC1CC2CCC1C2)(C(F)(F)F)S(=O)(=O)[O-]. The van der Waals surface area contributed by atoms with Crippen LogP contribution in [0.5, 0.6) is 0 Å². The molecule has 0 saturated heterocycles. The predicted octanol–water partition coefficient (Wildman–Crippen LogP) is 2.68. The van der Waals surface area contributed by atoms with Crippen molar-refractivity contribution < 1.29 is 26.1 Å². The molecule has 4 atom stereocenters. The van der Waals surface area contributed by atoms with Crippen LogP contribution in [0.1, 0.15) is 39.0 Å². The molecule has 0 aromatic rings. The van der Waals surface area contributed by atoms with Crippen LogP contribution in [-0.4, -0.2) is 23.9 Å². The van der Waals surface area contributed by atoms with Crippen molar-refractivity contribution in [3.05, 3.63) is 0 Å². The Morgan fingerprint density at radius 1 is 1.22 bits per heavy atom. The van der Waals surface area contributed by atoms with E-state index in [1.807, 2.05) is 0 Å². The van der Waals surface area contributed by atoms with Crippen LogP contribution in [0.15, 0.2) is 0 Å². The average Bonchev–Trinajstić information content (AvgIpc) is 2.75. The van der Waals surface area contributed by atoms with E-state index in [0.29, 0.717) is 19.3 Å². The molecule has 2 rings (SSSR count). The number of alkyl halides is 3. The minimum absolute atomic E-state index is 0.165. The highest BCUT2D eigenvalue weighted by molar-refractivity contribution is 7.87. The first kappa shape index (κ1) is 14.1. The maximum atomic E-state index is 12.9. The fourth-order valence-corrected chi connectivity index (χ4v) is 4.19. The lowest BCUT2D eigenvalue weighted by Gasteiger charge is -2.38. The highest BCUT2D eigenvalue weighted by atomic mass is 32.2. The molecule has 2 aliphatic carbocycles. The second kappa shape index (κ2) is 4.10. The van der Waals surface area contributed by atoms with E-state index in [4.69, 9.17) is 0 Å². The molecule has 0 aromatic heterocycles. The van der Waals surface area contributed by atoms with Crippen LogP contribution in [0.3, 0.4) is 0 Å². The zero-order valence-corrected chi connectivity index (χ0v) is 10.9. The summed E-state index contributed by atoms with van der Waals surface area (Å²) < 4.78 is 68.7. The summed E-state index contributed by atoms with van der Waals surface area (Å²) in [6, 6.07) is 0. The quantitative estimate of drug-likeness (QED) is 0.749. The Morgan fingerprint density at radius 3 is 2.17 bits per heavy atom. The second-order valence-corrected chi connectivity index (χ2v) is 7.63. The summed E-state index contributed by atoms with van der Waals surface area (Å²) in [5.74, 6) is 0.310. The highest BCUT2D eigenvalue weighted by Gasteiger charge is 2.58. The van der Waals surface area contributed by atoms with E-state index < -0.39 is 27.5 Å². The van der Waals surface area contributed by atoms with Crippen LogP contribution >= 0.6 is 0 Å². The molecule has 7 heteroatoms. The largest absolute Gasteiger partial charge is 0.747 e. The molecule has 4 unspecified atom stereocenters. The number of halogens is 3. The lowest BCUT2D eigenvalue weighted by atomic mass is 9.82. The van der Waals surface area contributed by atoms with Gasteiger partial charge in [-0.15, -0.1) is 0 Å². The Labute approximate surface area is 105 Å². The van der Waals surface area contributed by atoms with Gasteiger partial charge in [-0.3, -0.25) is 0 Å². The lowest BCUT2D eigenvalue weighted by Crippen LogP contribution is -2.50. The Morgan fingerprint density at radius 2 is 1.83 bits per heavy atom. The highest BCUT2D eigenvalue weighted by Crippen LogP contribution is 2.53. The zero-order valence-electron chi connectivity index (χ0n) is 10.0. The summed E-state index contributed by atoms with van der Waals surface area (Å²) >= 11 is 0. The summed E-state index contributed by atoms with van der Waals surface area (Å²) in [6.07, 6.45) is -2.18. The van der Waals surface area contributed by atoms with Gasteiger partial charge in [0.25, 0.3) is 0 Å². The molecular formula is C11H16F3O3S-. The summed E-state index contributed by atoms with van der Waals surface area (Å²) in [6.45, 7) is 0.529. The van der Waals surface area contributed by atoms with Gasteiger partial charge in [0.15, 0.2) is 4.75 Å². The average molecular weight is 285 g/mol. The summed E-state index contributed by atoms with van der Waals surface area (Å²) in [5.41, 5.74) is 0. The molecule has 2 bridgehead atoms. The molecule has 2 fully saturated rings. The Kier molecular flexibility index (Phi) is 3.21. The van der Waals surface area contributed by atoms with Gasteiger partial charge < -0.3 is 4.55 Å². The molecule has 18 heavy (non-hydrogen) atoms. The van der Waals surface area contributed by atoms with Gasteiger partial charge in [-0.05, 0) is 50.4 Å². The monoisotopic (exact) mass is 285 g/mol. The third-order valence-corrected chi connectivity index (χ3v) is 6.19. The topological polar surface area (TPSA) is 57.2 Å². The van der Waals surface area contributed by atoms with Gasteiger partial charge in [0.1, 0.15) is 10.1 Å². The number of hydrogen-bond acceptors (Lipinski definition) is 3. The van der Waals surface area contributed by atoms with E-state index in [0.717, 1.165) is 19.3 Å². The van der Waals surface area contributed by atoms with Gasteiger partial charge in [0.05, 0.1) is 0 Å². The summed E-state index contributed by atoms with van der Waals surface area (Å²) in [5, 5.41) is 0. The molecule has 0 heterocycles. The fraction of sp³-hybridized carbons (Fsp3) is 1.00. The van der Waals surface area contributed by atoms with Gasteiger partial charge in [-0.25, -0.2) is 8.42 Å². The van der Waals surface area contributed by atoms with Gasteiger partial charge in [0.2, 0.25) is 0 Å². The van der Waals surface area contributed by atoms with E-state index in [1.54, 1.807) is 0 Å². The van der Waals surface area contributed by atoms with E-state index in [2.05, 4.69) is 0 Å². The smallest absolute Gasteiger partial charge is 0.406 e. The van der Waals surface area contributed by atoms with Crippen molar-refractivity contribution in [1.29, 1.82) is 0 Å². The maximum Gasteiger partial charge on any atom is 0.406 e. The van der Waals surface area contributed by atoms with Crippen LogP contribution in [0.25, 0.3) is 0 Å². The third-order valence-electron chi connectivity index (χ3n) is 4.69. The van der Waals surface area contributed by atoms with Crippen LogP contribution in [0.2, 0.25) is 0 Å². The third kappa shape index (κ3) is 2.15. The van der Waals surface area contributed by atoms with Crippen molar-refractivity contribution in [2.75, 3.05) is 0 Å². The number of fused-ring (bicyclic) bond motifs is 2. The normalized spacial score (nSPS) is 35.7. The minimum atomic E-state index is -5.40. The Bertz CT molecular complexity index is 431. The standard InChI is InChI=1S/C11H17F3O3S/c1-10(11(12,13)14,18(15,16)17)6-9-5-7-2-3-8(9)4-7/h7-9H,2-6H2,1H3,(H,15,16,17)/p-1. The van der Waals surface area contributed by atoms with E-state index in [9.17, 15) is 26.1 Å². The first-order valence-electron chi connectivity index (χ1n) is 6.07. The van der Waals surface area contributed by atoms with Crippen LogP contribution in [0, 0.1) is 17.8 Å². The molecular weight excluding hydrogens is 269 g/mol. The molecule has 0 aromatic carbocycles. The predicted molar refractivity (Wildman–Crippen MR) is 57.7 cm³/mol. The van der Waals surface area contributed by atoms with Gasteiger partial charge in [-0.1, -0.05) is 6.42 Å². The molecule has 3 nitrogen and oxygen atoms in total. The maximum absolute atomic E-state index is 12.9. The summed E-state index contributed by atoms with van der Waals surface area (Å²) in [7, 11) is -5.40. The van der Waals surface area contributed by atoms with Crippen molar-refractivity contribution in [3.8, 4) is 0 Å². The van der Waals surface area contributed by atoms with Crippen LogP contribution < -0.4 is 0 Å². The van der Waals surface area contributed by atoms with Crippen molar-refractivity contribution in [3.63, 3.8) is 0 Å². The Balaban J connectivity index is 2.22. The van der Waals surface area contributed by atoms with E-state index in [1.165, 1.54) is 0 Å². The first-order chi connectivity index (χ1) is 8.04. The molecule has 0 N–H and O–H groups in total. The van der Waals surface area contributed by atoms with Crippen molar-refractivity contribution in [2.45, 2.75) is 50.0 Å². The minimum Gasteiger partial charge on any atom is -0.747 e. The second-order valence-electron chi connectivity index (χ2n) is 5.82. The molecule has 0 amide bonds. The summed E-state index contributed by atoms with van der Waals surface area (Å²) in [4.78, 5) is 0. The van der Waals surface area contributed by atoms with E-state index in [-0.39, 0.29) is 11.8 Å². The zero-order chi connectivity index (χ0) is 13.8. The van der Waals surface area contributed by atoms with Crippen molar-refractivity contribution >= 4 is 10.1 Å². The van der Waals surface area contributed by atoms with Crippen LogP contribution in [-0.2, 0) is 10.1 Å². The molecule has 106 valence electrons. The molecule has 2 saturated carbocycles. The molecule has 0 radical (unpaired) electrons. The first-order valence-corrected chi connectivity index (χ1v) is 7.47. The van der Waals surface area contributed by atoms with Gasteiger partial charge in [0, 0.05) is 0 Å². The number of rotatable bonds is 3. The van der Waals surface area contributed by atoms with Gasteiger partial charge in [-0.2, -0.15) is 13.2 Å². The van der Waals surface area contributed by atoms with E-state index >= 15 is 0 Å². The Hall–Kier alpha value is -0.300. The fourth-order valence-electron chi connectivity index (χ4n) is 3.49. The van der Waals surface area contributed by atoms with Gasteiger partial charge >= 0.3 is 6.18 Å². The van der Waals surface area contributed by atoms with Crippen molar-refractivity contribution in [2.24, 2.45) is 17.8 Å². The molecule has 0 aliphatic heterocycles. The molecule has 2 aliphatic rings. The molecule has 0 spiro atoms. The lowest BCUT2D eigenvalue weighted by molar-refractivity contribution is -0.164. The van der Waals surface area contributed by atoms with Crippen LogP contribution in [0.4, 0.5) is 13.2 Å².